The Bertz CT molecular complexity index is 1010. The number of nitrogens with zero attached hydrogens (tertiary/aromatic N) is 3. The molecule has 0 spiro atoms. The molecule has 0 bridgehead atoms. The quantitative estimate of drug-likeness (QED) is 0.531. The molecular weight excluding hydrogens is 356 g/mol. The number of aromatic nitrogens is 3. The molecule has 140 valence electrons. The van der Waals surface area contributed by atoms with Crippen LogP contribution < -0.4 is 5.32 Å². The number of nitrogens with one attached hydrogen (secondary N) is 1. The fraction of sp³-hybridized carbons (Fsp3) is 0.143. The average molecular weight is 374 g/mol. The Morgan fingerprint density at radius 1 is 1.04 bits per heavy atom. The topological polar surface area (TPSA) is 94.0 Å². The second kappa shape index (κ2) is 8.30. The molecule has 0 aliphatic carbocycles. The minimum Gasteiger partial charge on any atom is -0.467 e. The van der Waals surface area contributed by atoms with Gasteiger partial charge < -0.3 is 14.3 Å². The van der Waals surface area contributed by atoms with Crippen LogP contribution in [-0.2, 0) is 11.2 Å². The van der Waals surface area contributed by atoms with Crippen LogP contribution in [0.5, 0.6) is 0 Å². The molecule has 0 radical (unpaired) electrons. The maximum absolute atomic E-state index is 12.5. The van der Waals surface area contributed by atoms with Gasteiger partial charge in [-0.05, 0) is 29.8 Å². The van der Waals surface area contributed by atoms with Crippen molar-refractivity contribution >= 4 is 5.91 Å². The summed E-state index contributed by atoms with van der Waals surface area (Å²) in [5, 5.41) is 6.97. The van der Waals surface area contributed by atoms with Crippen molar-refractivity contribution in [2.75, 3.05) is 0 Å². The molecule has 1 N–H and O–H groups in total. The summed E-state index contributed by atoms with van der Waals surface area (Å²) in [6, 6.07) is 16.6. The largest absolute Gasteiger partial charge is 0.467 e. The van der Waals surface area contributed by atoms with Crippen molar-refractivity contribution in [1.29, 1.82) is 0 Å². The number of carbonyl (C=O) groups is 1. The Kier molecular flexibility index (Phi) is 5.24. The monoisotopic (exact) mass is 374 g/mol. The van der Waals surface area contributed by atoms with E-state index in [2.05, 4.69) is 20.4 Å². The van der Waals surface area contributed by atoms with Crippen LogP contribution in [0.4, 0.5) is 0 Å². The van der Waals surface area contributed by atoms with Gasteiger partial charge in [0.1, 0.15) is 11.8 Å². The zero-order valence-electron chi connectivity index (χ0n) is 15.0. The van der Waals surface area contributed by atoms with Crippen molar-refractivity contribution in [3.05, 3.63) is 90.5 Å². The summed E-state index contributed by atoms with van der Waals surface area (Å²) in [6.07, 6.45) is 5.50. The minimum absolute atomic E-state index is 0.131. The number of rotatable bonds is 7. The highest BCUT2D eigenvalue weighted by molar-refractivity contribution is 5.77. The fourth-order valence-corrected chi connectivity index (χ4v) is 2.85. The van der Waals surface area contributed by atoms with Crippen molar-refractivity contribution in [2.24, 2.45) is 0 Å². The number of aryl methyl sites for hydroxylation is 1. The molecule has 0 aliphatic rings. The van der Waals surface area contributed by atoms with Crippen LogP contribution in [0.2, 0.25) is 0 Å². The van der Waals surface area contributed by atoms with E-state index in [4.69, 9.17) is 8.94 Å². The van der Waals surface area contributed by atoms with Gasteiger partial charge in [-0.15, -0.1) is 0 Å². The molecule has 1 atom stereocenters. The summed E-state index contributed by atoms with van der Waals surface area (Å²) in [4.78, 5) is 20.8. The summed E-state index contributed by atoms with van der Waals surface area (Å²) in [5.74, 6) is 1.44. The van der Waals surface area contributed by atoms with E-state index >= 15 is 0 Å². The number of furan rings is 1. The molecule has 7 heteroatoms. The van der Waals surface area contributed by atoms with E-state index in [1.165, 1.54) is 0 Å². The molecule has 0 saturated carbocycles. The van der Waals surface area contributed by atoms with Crippen molar-refractivity contribution < 1.29 is 13.7 Å². The van der Waals surface area contributed by atoms with Gasteiger partial charge in [0, 0.05) is 30.8 Å². The Balaban J connectivity index is 1.40. The van der Waals surface area contributed by atoms with Crippen molar-refractivity contribution in [3.8, 4) is 11.4 Å². The lowest BCUT2D eigenvalue weighted by atomic mass is 10.0. The van der Waals surface area contributed by atoms with E-state index in [0.717, 1.165) is 11.1 Å². The smallest absolute Gasteiger partial charge is 0.227 e. The summed E-state index contributed by atoms with van der Waals surface area (Å²) in [5.41, 5.74) is 1.76. The van der Waals surface area contributed by atoms with E-state index < -0.39 is 0 Å². The number of carbonyl (C=O) groups excluding carboxylic acids is 1. The molecule has 4 rings (SSSR count). The van der Waals surface area contributed by atoms with Crippen LogP contribution in [0, 0.1) is 0 Å². The molecule has 28 heavy (non-hydrogen) atoms. The average Bonchev–Trinajstić information content (AvgIpc) is 3.44. The maximum Gasteiger partial charge on any atom is 0.227 e. The van der Waals surface area contributed by atoms with Crippen LogP contribution in [0.1, 0.15) is 29.7 Å². The van der Waals surface area contributed by atoms with Crippen LogP contribution >= 0.6 is 0 Å². The highest BCUT2D eigenvalue weighted by Gasteiger charge is 2.19. The molecular formula is C21H18N4O3. The summed E-state index contributed by atoms with van der Waals surface area (Å²) < 4.78 is 10.8. The van der Waals surface area contributed by atoms with Gasteiger partial charge in [0.05, 0.1) is 6.26 Å². The van der Waals surface area contributed by atoms with E-state index in [-0.39, 0.29) is 18.4 Å². The molecule has 4 aromatic rings. The molecule has 3 heterocycles. The highest BCUT2D eigenvalue weighted by atomic mass is 16.5. The van der Waals surface area contributed by atoms with Crippen LogP contribution in [0.25, 0.3) is 11.4 Å². The molecule has 0 fully saturated rings. The third-order valence-electron chi connectivity index (χ3n) is 4.24. The van der Waals surface area contributed by atoms with E-state index in [1.807, 2.05) is 36.4 Å². The lowest BCUT2D eigenvalue weighted by molar-refractivity contribution is -0.121. The maximum atomic E-state index is 12.5. The summed E-state index contributed by atoms with van der Waals surface area (Å²) >= 11 is 0. The first-order valence-corrected chi connectivity index (χ1v) is 8.90. The lowest BCUT2D eigenvalue weighted by Crippen LogP contribution is -2.29. The molecule has 1 amide bonds. The Morgan fingerprint density at radius 2 is 1.86 bits per heavy atom. The Morgan fingerprint density at radius 3 is 2.61 bits per heavy atom. The predicted octanol–water partition coefficient (Wildman–Crippen LogP) is 3.56. The molecule has 0 saturated heterocycles. The first-order valence-electron chi connectivity index (χ1n) is 8.90. The zero-order valence-corrected chi connectivity index (χ0v) is 15.0. The minimum atomic E-state index is -0.348. The molecule has 1 unspecified atom stereocenters. The molecule has 0 aliphatic heterocycles. The fourth-order valence-electron chi connectivity index (χ4n) is 2.85. The number of hydrogen-bond donors (Lipinski definition) is 1. The first kappa shape index (κ1) is 17.7. The van der Waals surface area contributed by atoms with Crippen molar-refractivity contribution in [3.63, 3.8) is 0 Å². The van der Waals surface area contributed by atoms with Gasteiger partial charge in [0.15, 0.2) is 0 Å². The third kappa shape index (κ3) is 4.15. The van der Waals surface area contributed by atoms with Gasteiger partial charge >= 0.3 is 0 Å². The highest BCUT2D eigenvalue weighted by Crippen LogP contribution is 2.22. The number of hydrogen-bond acceptors (Lipinski definition) is 6. The van der Waals surface area contributed by atoms with Crippen molar-refractivity contribution in [2.45, 2.75) is 18.9 Å². The molecule has 7 nitrogen and oxygen atoms in total. The second-order valence-corrected chi connectivity index (χ2v) is 6.17. The van der Waals surface area contributed by atoms with Gasteiger partial charge in [-0.2, -0.15) is 4.98 Å². The van der Waals surface area contributed by atoms with Gasteiger partial charge in [0.2, 0.25) is 17.6 Å². The van der Waals surface area contributed by atoms with Gasteiger partial charge in [-0.25, -0.2) is 0 Å². The first-order chi connectivity index (χ1) is 13.8. The number of benzene rings is 1. The molecule has 3 aromatic heterocycles. The number of amides is 1. The predicted molar refractivity (Wildman–Crippen MR) is 101 cm³/mol. The van der Waals surface area contributed by atoms with Crippen LogP contribution in [0.15, 0.2) is 82.2 Å². The summed E-state index contributed by atoms with van der Waals surface area (Å²) in [6.45, 7) is 0. The Labute approximate surface area is 161 Å². The van der Waals surface area contributed by atoms with Gasteiger partial charge in [-0.3, -0.25) is 9.78 Å². The zero-order chi connectivity index (χ0) is 19.2. The van der Waals surface area contributed by atoms with Crippen LogP contribution in [0.3, 0.4) is 0 Å². The third-order valence-corrected chi connectivity index (χ3v) is 4.24. The normalized spacial score (nSPS) is 11.9. The van der Waals surface area contributed by atoms with Crippen LogP contribution in [-0.4, -0.2) is 21.0 Å². The van der Waals surface area contributed by atoms with Gasteiger partial charge in [0.25, 0.3) is 0 Å². The standard InChI is InChI=1S/C21H18N4O3/c26-18(8-9-19-24-21(25-28-19)16-10-12-22-13-11-16)23-20(17-7-4-14-27-17)15-5-2-1-3-6-15/h1-7,10-14,20H,8-9H2,(H,23,26). The van der Waals surface area contributed by atoms with Gasteiger partial charge in [-0.1, -0.05) is 35.5 Å². The molecule has 1 aromatic carbocycles. The van der Waals surface area contributed by atoms with E-state index in [0.29, 0.717) is 23.9 Å². The van der Waals surface area contributed by atoms with E-state index in [1.54, 1.807) is 36.9 Å². The second-order valence-electron chi connectivity index (χ2n) is 6.17. The Hall–Kier alpha value is -3.74. The van der Waals surface area contributed by atoms with Crippen molar-refractivity contribution in [1.82, 2.24) is 20.4 Å². The van der Waals surface area contributed by atoms with E-state index in [9.17, 15) is 4.79 Å². The number of pyridine rings is 1. The SMILES string of the molecule is O=C(CCc1nc(-c2ccncc2)no1)NC(c1ccccc1)c1ccco1. The summed E-state index contributed by atoms with van der Waals surface area (Å²) in [7, 11) is 0. The lowest BCUT2D eigenvalue weighted by Gasteiger charge is -2.17.